The molecule has 0 aliphatic heterocycles. The molecule has 0 fully saturated rings. The highest BCUT2D eigenvalue weighted by Crippen LogP contribution is 2.16. The van der Waals surface area contributed by atoms with Gasteiger partial charge >= 0.3 is 5.97 Å². The molecule has 0 aromatic heterocycles. The number of para-hydroxylation sites is 1. The highest BCUT2D eigenvalue weighted by Gasteiger charge is 2.05. The molecule has 1 aromatic rings. The molecule has 5 heteroatoms. The first-order valence-corrected chi connectivity index (χ1v) is 6.15. The summed E-state index contributed by atoms with van der Waals surface area (Å²) in [6, 6.07) is 7.72. The second-order valence-electron chi connectivity index (χ2n) is 4.07. The smallest absolute Gasteiger partial charge is 0.325 e. The van der Waals surface area contributed by atoms with Crippen LogP contribution >= 0.6 is 0 Å². The van der Waals surface area contributed by atoms with Crippen molar-refractivity contribution in [3.8, 4) is 5.75 Å². The molecule has 0 bridgehead atoms. The minimum absolute atomic E-state index is 0.0893. The second-order valence-corrected chi connectivity index (χ2v) is 4.07. The standard InChI is InChI=1S/C14H19NO4/c1-11-6-3-4-7-12(11)19-9-5-8-13(16)15-10-14(17)18-2/h3-4,6-7H,5,8-10H2,1-2H3,(H,15,16). The first-order valence-electron chi connectivity index (χ1n) is 6.15. The van der Waals surface area contributed by atoms with Gasteiger partial charge in [0.25, 0.3) is 0 Å². The maximum Gasteiger partial charge on any atom is 0.325 e. The Balaban J connectivity index is 2.15. The summed E-state index contributed by atoms with van der Waals surface area (Å²) in [6.45, 7) is 2.35. The van der Waals surface area contributed by atoms with Crippen LogP contribution in [-0.4, -0.2) is 32.1 Å². The normalized spacial score (nSPS) is 9.79. The van der Waals surface area contributed by atoms with Gasteiger partial charge in [0.2, 0.25) is 5.91 Å². The van der Waals surface area contributed by atoms with Crippen molar-refractivity contribution in [2.24, 2.45) is 0 Å². The summed E-state index contributed by atoms with van der Waals surface area (Å²) in [4.78, 5) is 22.2. The van der Waals surface area contributed by atoms with Gasteiger partial charge in [-0.3, -0.25) is 9.59 Å². The second kappa shape index (κ2) is 8.13. The van der Waals surface area contributed by atoms with Crippen LogP contribution in [0.25, 0.3) is 0 Å². The fourth-order valence-corrected chi connectivity index (χ4v) is 1.46. The van der Waals surface area contributed by atoms with Crippen molar-refractivity contribution in [3.05, 3.63) is 29.8 Å². The van der Waals surface area contributed by atoms with Crippen LogP contribution in [0.15, 0.2) is 24.3 Å². The van der Waals surface area contributed by atoms with E-state index in [2.05, 4.69) is 10.1 Å². The van der Waals surface area contributed by atoms with Crippen LogP contribution in [-0.2, 0) is 14.3 Å². The molecule has 1 amide bonds. The van der Waals surface area contributed by atoms with E-state index in [0.717, 1.165) is 11.3 Å². The van der Waals surface area contributed by atoms with E-state index in [0.29, 0.717) is 19.4 Å². The lowest BCUT2D eigenvalue weighted by Gasteiger charge is -2.08. The largest absolute Gasteiger partial charge is 0.493 e. The van der Waals surface area contributed by atoms with Crippen molar-refractivity contribution in [3.63, 3.8) is 0 Å². The maximum atomic E-state index is 11.4. The predicted molar refractivity (Wildman–Crippen MR) is 70.9 cm³/mol. The van der Waals surface area contributed by atoms with E-state index in [9.17, 15) is 9.59 Å². The number of carbonyl (C=O) groups excluding carboxylic acids is 2. The Labute approximate surface area is 112 Å². The minimum atomic E-state index is -0.454. The maximum absolute atomic E-state index is 11.4. The Hall–Kier alpha value is -2.04. The molecule has 0 heterocycles. The van der Waals surface area contributed by atoms with Gasteiger partial charge in [-0.2, -0.15) is 0 Å². The molecule has 104 valence electrons. The van der Waals surface area contributed by atoms with Crippen molar-refractivity contribution >= 4 is 11.9 Å². The van der Waals surface area contributed by atoms with Crippen molar-refractivity contribution in [2.75, 3.05) is 20.3 Å². The first kappa shape index (κ1) is 15.0. The number of amides is 1. The van der Waals surface area contributed by atoms with Gasteiger partial charge in [-0.05, 0) is 25.0 Å². The van der Waals surface area contributed by atoms with Crippen LogP contribution < -0.4 is 10.1 Å². The molecule has 19 heavy (non-hydrogen) atoms. The lowest BCUT2D eigenvalue weighted by atomic mass is 10.2. The predicted octanol–water partition coefficient (Wildman–Crippen LogP) is 1.44. The van der Waals surface area contributed by atoms with Gasteiger partial charge in [-0.1, -0.05) is 18.2 Å². The van der Waals surface area contributed by atoms with Crippen LogP contribution in [0.3, 0.4) is 0 Å². The highest BCUT2D eigenvalue weighted by atomic mass is 16.5. The topological polar surface area (TPSA) is 64.6 Å². The number of benzene rings is 1. The molecule has 0 unspecified atom stereocenters. The third kappa shape index (κ3) is 5.90. The summed E-state index contributed by atoms with van der Waals surface area (Å²) < 4.78 is 9.98. The van der Waals surface area contributed by atoms with Gasteiger partial charge in [-0.15, -0.1) is 0 Å². The quantitative estimate of drug-likeness (QED) is 0.598. The van der Waals surface area contributed by atoms with Crippen LogP contribution in [0.2, 0.25) is 0 Å². The van der Waals surface area contributed by atoms with Gasteiger partial charge in [0.1, 0.15) is 12.3 Å². The Morgan fingerprint density at radius 2 is 2.00 bits per heavy atom. The monoisotopic (exact) mass is 265 g/mol. The molecule has 1 rings (SSSR count). The molecule has 1 aromatic carbocycles. The lowest BCUT2D eigenvalue weighted by molar-refractivity contribution is -0.141. The molecule has 0 spiro atoms. The summed E-state index contributed by atoms with van der Waals surface area (Å²) >= 11 is 0. The van der Waals surface area contributed by atoms with Crippen molar-refractivity contribution in [2.45, 2.75) is 19.8 Å². The molecule has 5 nitrogen and oxygen atoms in total. The SMILES string of the molecule is COC(=O)CNC(=O)CCCOc1ccccc1C. The minimum Gasteiger partial charge on any atom is -0.493 e. The number of hydrogen-bond acceptors (Lipinski definition) is 4. The Bertz CT molecular complexity index is 431. The van der Waals surface area contributed by atoms with Gasteiger partial charge < -0.3 is 14.8 Å². The fraction of sp³-hybridized carbons (Fsp3) is 0.429. The number of aryl methyl sites for hydroxylation is 1. The number of rotatable bonds is 7. The van der Waals surface area contributed by atoms with Crippen molar-refractivity contribution in [1.29, 1.82) is 0 Å². The number of carbonyl (C=O) groups is 2. The number of ether oxygens (including phenoxy) is 2. The van der Waals surface area contributed by atoms with E-state index in [1.54, 1.807) is 0 Å². The van der Waals surface area contributed by atoms with Crippen LogP contribution in [0.4, 0.5) is 0 Å². The first-order chi connectivity index (χ1) is 9.13. The van der Waals surface area contributed by atoms with Gasteiger partial charge in [-0.25, -0.2) is 0 Å². The van der Waals surface area contributed by atoms with E-state index in [-0.39, 0.29) is 12.5 Å². The third-order valence-corrected chi connectivity index (χ3v) is 2.56. The average Bonchev–Trinajstić information content (AvgIpc) is 2.42. The molecule has 0 radical (unpaired) electrons. The summed E-state index contributed by atoms with van der Waals surface area (Å²) in [5, 5.41) is 2.47. The summed E-state index contributed by atoms with van der Waals surface area (Å²) in [6.07, 6.45) is 0.921. The molecule has 0 saturated heterocycles. The van der Waals surface area contributed by atoms with Crippen molar-refractivity contribution < 1.29 is 19.1 Å². The van der Waals surface area contributed by atoms with E-state index in [1.807, 2.05) is 31.2 Å². The van der Waals surface area contributed by atoms with E-state index in [4.69, 9.17) is 4.74 Å². The van der Waals surface area contributed by atoms with Crippen LogP contribution in [0.5, 0.6) is 5.75 Å². The van der Waals surface area contributed by atoms with Crippen LogP contribution in [0, 0.1) is 6.92 Å². The molecule has 0 saturated carbocycles. The third-order valence-electron chi connectivity index (χ3n) is 2.56. The molecule has 1 N–H and O–H groups in total. The number of hydrogen-bond donors (Lipinski definition) is 1. The van der Waals surface area contributed by atoms with Gasteiger partial charge in [0, 0.05) is 6.42 Å². The number of methoxy groups -OCH3 is 1. The van der Waals surface area contributed by atoms with Crippen molar-refractivity contribution in [1.82, 2.24) is 5.32 Å². The summed E-state index contributed by atoms with van der Waals surface area (Å²) in [5.74, 6) is 0.195. The Morgan fingerprint density at radius 1 is 1.26 bits per heavy atom. The zero-order valence-electron chi connectivity index (χ0n) is 11.3. The molecular formula is C14H19NO4. The average molecular weight is 265 g/mol. The lowest BCUT2D eigenvalue weighted by Crippen LogP contribution is -2.30. The van der Waals surface area contributed by atoms with E-state index < -0.39 is 5.97 Å². The molecule has 0 atom stereocenters. The summed E-state index contributed by atoms with van der Waals surface area (Å²) in [5.41, 5.74) is 1.07. The molecule has 0 aliphatic carbocycles. The fourth-order valence-electron chi connectivity index (χ4n) is 1.46. The highest BCUT2D eigenvalue weighted by molar-refractivity contribution is 5.81. The Kier molecular flexibility index (Phi) is 6.43. The zero-order valence-corrected chi connectivity index (χ0v) is 11.3. The van der Waals surface area contributed by atoms with E-state index in [1.165, 1.54) is 7.11 Å². The zero-order chi connectivity index (χ0) is 14.1. The Morgan fingerprint density at radius 3 is 2.68 bits per heavy atom. The molecular weight excluding hydrogens is 246 g/mol. The number of esters is 1. The van der Waals surface area contributed by atoms with Crippen LogP contribution in [0.1, 0.15) is 18.4 Å². The van der Waals surface area contributed by atoms with E-state index >= 15 is 0 Å². The van der Waals surface area contributed by atoms with Gasteiger partial charge in [0.05, 0.1) is 13.7 Å². The van der Waals surface area contributed by atoms with Gasteiger partial charge in [0.15, 0.2) is 0 Å². The molecule has 0 aliphatic rings. The number of nitrogens with one attached hydrogen (secondary N) is 1. The summed E-state index contributed by atoms with van der Waals surface area (Å²) in [7, 11) is 1.28.